The first-order valence-electron chi connectivity index (χ1n) is 12.3. The Hall–Kier alpha value is -3.29. The lowest BCUT2D eigenvalue weighted by Crippen LogP contribution is -2.25. The number of aryl methyl sites for hydroxylation is 1. The Labute approximate surface area is 207 Å². The maximum Gasteiger partial charge on any atom is 0.417 e. The molecule has 0 unspecified atom stereocenters. The fraction of sp³-hybridized carbons (Fsp3) is 0.393. The number of carbonyl (C=O) groups excluding carboxylic acids is 2. The molecule has 1 aliphatic carbocycles. The number of rotatable bonds is 9. The lowest BCUT2D eigenvalue weighted by Gasteiger charge is -2.17. The number of pyridine rings is 1. The summed E-state index contributed by atoms with van der Waals surface area (Å²) in [5.74, 6) is -1.22. The van der Waals surface area contributed by atoms with Crippen molar-refractivity contribution in [3.8, 4) is 11.1 Å². The van der Waals surface area contributed by atoms with Crippen molar-refractivity contribution < 1.29 is 27.2 Å². The van der Waals surface area contributed by atoms with Crippen molar-refractivity contribution >= 4 is 22.6 Å². The van der Waals surface area contributed by atoms with Crippen LogP contribution in [0.2, 0.25) is 0 Å². The second-order valence-corrected chi connectivity index (χ2v) is 9.29. The van der Waals surface area contributed by atoms with Crippen LogP contribution in [0.5, 0.6) is 0 Å². The maximum absolute atomic E-state index is 14.9. The van der Waals surface area contributed by atoms with Gasteiger partial charge in [0.1, 0.15) is 5.82 Å². The Morgan fingerprint density at radius 2 is 1.83 bits per heavy atom. The highest BCUT2D eigenvalue weighted by Gasteiger charge is 2.35. The number of unbranched alkanes of at least 4 members (excludes halogenated alkanes) is 1. The van der Waals surface area contributed by atoms with Crippen molar-refractivity contribution in [2.75, 3.05) is 6.54 Å². The maximum atomic E-state index is 14.9. The lowest BCUT2D eigenvalue weighted by atomic mass is 9.91. The van der Waals surface area contributed by atoms with Crippen LogP contribution >= 0.6 is 0 Å². The van der Waals surface area contributed by atoms with E-state index in [2.05, 4.69) is 10.3 Å². The van der Waals surface area contributed by atoms with Gasteiger partial charge in [-0.3, -0.25) is 14.6 Å². The first kappa shape index (κ1) is 25.8. The van der Waals surface area contributed by atoms with Crippen molar-refractivity contribution in [2.24, 2.45) is 5.92 Å². The van der Waals surface area contributed by atoms with E-state index in [4.69, 9.17) is 0 Å². The zero-order valence-corrected chi connectivity index (χ0v) is 20.3. The minimum atomic E-state index is -4.72. The van der Waals surface area contributed by atoms with Crippen LogP contribution in [0.1, 0.15) is 77.8 Å². The Morgan fingerprint density at radius 3 is 2.44 bits per heavy atom. The molecule has 190 valence electrons. The Kier molecular flexibility index (Phi) is 7.43. The summed E-state index contributed by atoms with van der Waals surface area (Å²) in [7, 11) is 0. The van der Waals surface area contributed by atoms with Gasteiger partial charge in [-0.25, -0.2) is 4.39 Å². The number of hydrogen-bond donors (Lipinski definition) is 1. The Balaban J connectivity index is 1.82. The van der Waals surface area contributed by atoms with Gasteiger partial charge >= 0.3 is 6.18 Å². The van der Waals surface area contributed by atoms with Gasteiger partial charge in [0.15, 0.2) is 5.78 Å². The zero-order valence-electron chi connectivity index (χ0n) is 20.3. The molecular weight excluding hydrogens is 472 g/mol. The summed E-state index contributed by atoms with van der Waals surface area (Å²) in [5, 5.41) is 3.04. The van der Waals surface area contributed by atoms with Crippen LogP contribution < -0.4 is 5.32 Å². The van der Waals surface area contributed by atoms with Crippen molar-refractivity contribution in [1.82, 2.24) is 10.3 Å². The molecule has 3 aromatic rings. The van der Waals surface area contributed by atoms with E-state index in [0.29, 0.717) is 41.8 Å². The minimum absolute atomic E-state index is 0.0106. The average Bonchev–Trinajstić information content (AvgIpc) is 3.65. The van der Waals surface area contributed by atoms with Crippen molar-refractivity contribution in [3.63, 3.8) is 0 Å². The van der Waals surface area contributed by atoms with E-state index in [9.17, 15) is 27.2 Å². The zero-order chi connectivity index (χ0) is 26.0. The monoisotopic (exact) mass is 500 g/mol. The molecule has 1 N–H and O–H groups in total. The normalized spacial score (nSPS) is 13.7. The number of halogens is 4. The van der Waals surface area contributed by atoms with Crippen LogP contribution in [0.3, 0.4) is 0 Å². The number of ketones is 1. The summed E-state index contributed by atoms with van der Waals surface area (Å²) < 4.78 is 57.0. The molecule has 36 heavy (non-hydrogen) atoms. The number of carbonyl (C=O) groups is 2. The van der Waals surface area contributed by atoms with Crippen molar-refractivity contribution in [2.45, 2.75) is 58.5 Å². The van der Waals surface area contributed by atoms with E-state index in [1.165, 1.54) is 24.4 Å². The van der Waals surface area contributed by atoms with E-state index >= 15 is 0 Å². The molecule has 4 nitrogen and oxygen atoms in total. The first-order valence-corrected chi connectivity index (χ1v) is 12.3. The standard InChI is InChI=1S/C28H28F4N2O2/c1-3-5-10-33-27(36)19-9-8-17(12-24(19)29)20-13-21-18(4-2)22(26(35)11-16-6-7-16)15-34-25(21)14-23(20)28(30,31)32/h8-9,12-16H,3-7,10-11H2,1-2H3,(H,33,36). The number of Topliss-reactive ketones (excluding diaryl/α,β-unsaturated/α-hetero) is 1. The molecule has 1 aliphatic rings. The SMILES string of the molecule is CCCCNC(=O)c1ccc(-c2cc3c(CC)c(C(=O)CC4CC4)cnc3cc2C(F)(F)F)cc1F. The van der Waals surface area contributed by atoms with E-state index in [1.807, 2.05) is 13.8 Å². The summed E-state index contributed by atoms with van der Waals surface area (Å²) in [6.45, 7) is 4.18. The summed E-state index contributed by atoms with van der Waals surface area (Å²) in [4.78, 5) is 29.3. The number of alkyl halides is 3. The van der Waals surface area contributed by atoms with Crippen LogP contribution in [0.25, 0.3) is 22.0 Å². The van der Waals surface area contributed by atoms with Gasteiger partial charge in [-0.05, 0) is 72.6 Å². The van der Waals surface area contributed by atoms with Gasteiger partial charge in [0, 0.05) is 30.1 Å². The van der Waals surface area contributed by atoms with Crippen LogP contribution in [0, 0.1) is 11.7 Å². The number of aromatic nitrogens is 1. The molecule has 0 spiro atoms. The highest BCUT2D eigenvalue weighted by molar-refractivity contribution is 6.02. The largest absolute Gasteiger partial charge is 0.417 e. The molecule has 1 saturated carbocycles. The van der Waals surface area contributed by atoms with Crippen LogP contribution in [-0.4, -0.2) is 23.2 Å². The minimum Gasteiger partial charge on any atom is -0.352 e. The first-order chi connectivity index (χ1) is 17.1. The van der Waals surface area contributed by atoms with Crippen LogP contribution in [0.4, 0.5) is 17.6 Å². The van der Waals surface area contributed by atoms with E-state index in [-0.39, 0.29) is 28.0 Å². The van der Waals surface area contributed by atoms with Gasteiger partial charge in [0.2, 0.25) is 0 Å². The van der Waals surface area contributed by atoms with Crippen LogP contribution in [0.15, 0.2) is 36.5 Å². The molecule has 0 saturated heterocycles. The van der Waals surface area contributed by atoms with E-state index < -0.39 is 23.5 Å². The fourth-order valence-corrected chi connectivity index (χ4v) is 4.42. The summed E-state index contributed by atoms with van der Waals surface area (Å²) in [6.07, 6.45) is 1.09. The van der Waals surface area contributed by atoms with Gasteiger partial charge in [-0.2, -0.15) is 13.2 Å². The third kappa shape index (κ3) is 5.42. The number of hydrogen-bond acceptors (Lipinski definition) is 3. The van der Waals surface area contributed by atoms with Crippen molar-refractivity contribution in [1.29, 1.82) is 0 Å². The smallest absolute Gasteiger partial charge is 0.352 e. The molecule has 0 aliphatic heterocycles. The highest BCUT2D eigenvalue weighted by Crippen LogP contribution is 2.41. The predicted molar refractivity (Wildman–Crippen MR) is 130 cm³/mol. The molecule has 0 bridgehead atoms. The molecule has 0 radical (unpaired) electrons. The summed E-state index contributed by atoms with van der Waals surface area (Å²) in [5.41, 5.74) is -0.243. The molecule has 1 fully saturated rings. The summed E-state index contributed by atoms with van der Waals surface area (Å²) >= 11 is 0. The second-order valence-electron chi connectivity index (χ2n) is 9.29. The Bertz CT molecular complexity index is 1310. The fourth-order valence-electron chi connectivity index (χ4n) is 4.42. The highest BCUT2D eigenvalue weighted by atomic mass is 19.4. The molecule has 1 amide bonds. The third-order valence-electron chi connectivity index (χ3n) is 6.59. The quantitative estimate of drug-likeness (QED) is 0.193. The Morgan fingerprint density at radius 1 is 1.08 bits per heavy atom. The lowest BCUT2D eigenvalue weighted by molar-refractivity contribution is -0.137. The molecule has 4 rings (SSSR count). The molecule has 2 aromatic carbocycles. The van der Waals surface area contributed by atoms with Gasteiger partial charge < -0.3 is 5.32 Å². The van der Waals surface area contributed by atoms with Crippen molar-refractivity contribution in [3.05, 3.63) is 64.6 Å². The van der Waals surface area contributed by atoms with E-state index in [1.54, 1.807) is 0 Å². The molecule has 8 heteroatoms. The average molecular weight is 501 g/mol. The molecule has 1 aromatic heterocycles. The summed E-state index contributed by atoms with van der Waals surface area (Å²) in [6, 6.07) is 5.75. The number of fused-ring (bicyclic) bond motifs is 1. The third-order valence-corrected chi connectivity index (χ3v) is 6.59. The second kappa shape index (κ2) is 10.4. The number of benzene rings is 2. The number of amides is 1. The molecule has 0 atom stereocenters. The molecular formula is C28H28F4N2O2. The van der Waals surface area contributed by atoms with E-state index in [0.717, 1.165) is 37.8 Å². The topological polar surface area (TPSA) is 59.1 Å². The van der Waals surface area contributed by atoms with Gasteiger partial charge in [-0.15, -0.1) is 0 Å². The van der Waals surface area contributed by atoms with Crippen LogP contribution in [-0.2, 0) is 12.6 Å². The number of nitrogens with zero attached hydrogens (tertiary/aromatic N) is 1. The van der Waals surface area contributed by atoms with Gasteiger partial charge in [0.25, 0.3) is 5.91 Å². The number of nitrogens with one attached hydrogen (secondary N) is 1. The van der Waals surface area contributed by atoms with Gasteiger partial charge in [0.05, 0.1) is 16.6 Å². The predicted octanol–water partition coefficient (Wildman–Crippen LogP) is 7.13. The molecule has 1 heterocycles. The van der Waals surface area contributed by atoms with Gasteiger partial charge in [-0.1, -0.05) is 26.3 Å².